The molecule has 136 valence electrons. The zero-order chi connectivity index (χ0) is 17.7. The van der Waals surface area contributed by atoms with Gasteiger partial charge in [-0.1, -0.05) is 6.42 Å². The molecule has 0 spiro atoms. The summed E-state index contributed by atoms with van der Waals surface area (Å²) in [5, 5.41) is 21.6. The first-order valence-corrected chi connectivity index (χ1v) is 9.19. The summed E-state index contributed by atoms with van der Waals surface area (Å²) in [6.07, 6.45) is 5.43. The van der Waals surface area contributed by atoms with E-state index < -0.39 is 0 Å². The lowest BCUT2D eigenvalue weighted by atomic mass is 9.85. The summed E-state index contributed by atoms with van der Waals surface area (Å²) in [5.41, 5.74) is 0.840. The first-order valence-electron chi connectivity index (χ1n) is 9.19. The lowest BCUT2D eigenvalue weighted by Gasteiger charge is -2.44. The van der Waals surface area contributed by atoms with Crippen molar-refractivity contribution in [3.05, 3.63) is 30.1 Å². The molecule has 0 aromatic carbocycles. The van der Waals surface area contributed by atoms with Crippen LogP contribution in [0.15, 0.2) is 18.5 Å². The fourth-order valence-electron chi connectivity index (χ4n) is 3.61. The Labute approximate surface area is 151 Å². The van der Waals surface area contributed by atoms with E-state index in [1.807, 2.05) is 28.3 Å². The quantitative estimate of drug-likeness (QED) is 0.672. The molecule has 0 bridgehead atoms. The molecule has 4 heterocycles. The number of hydrogen-bond donors (Lipinski definition) is 0. The van der Waals surface area contributed by atoms with E-state index in [9.17, 15) is 0 Å². The molecule has 2 aliphatic rings. The summed E-state index contributed by atoms with van der Waals surface area (Å²) in [6, 6.07) is 4.57. The predicted octanol–water partition coefficient (Wildman–Crippen LogP) is 0.841. The van der Waals surface area contributed by atoms with Crippen LogP contribution in [0.1, 0.15) is 36.8 Å². The van der Waals surface area contributed by atoms with Gasteiger partial charge in [-0.2, -0.15) is 4.52 Å². The second-order valence-electron chi connectivity index (χ2n) is 7.48. The van der Waals surface area contributed by atoms with Crippen molar-refractivity contribution < 1.29 is 0 Å². The molecule has 9 heteroatoms. The maximum absolute atomic E-state index is 4.82. The minimum atomic E-state index is 0.496. The Morgan fingerprint density at radius 2 is 2.00 bits per heavy atom. The van der Waals surface area contributed by atoms with Gasteiger partial charge in [0, 0.05) is 32.1 Å². The van der Waals surface area contributed by atoms with Gasteiger partial charge in [-0.25, -0.2) is 0 Å². The highest BCUT2D eigenvalue weighted by atomic mass is 15.4. The Hall–Kier alpha value is -2.55. The van der Waals surface area contributed by atoms with E-state index >= 15 is 0 Å². The molecule has 1 aliphatic carbocycles. The molecule has 0 unspecified atom stereocenters. The first kappa shape index (κ1) is 15.7. The number of aryl methyl sites for hydroxylation is 1. The van der Waals surface area contributed by atoms with Gasteiger partial charge in [0.25, 0.3) is 0 Å². The largest absolute Gasteiger partial charge is 0.352 e. The Balaban J connectivity index is 1.27. The van der Waals surface area contributed by atoms with Crippen LogP contribution >= 0.6 is 0 Å². The highest BCUT2D eigenvalue weighted by Crippen LogP contribution is 2.35. The normalized spacial score (nSPS) is 18.5. The predicted molar refractivity (Wildman–Crippen MR) is 95.8 cm³/mol. The van der Waals surface area contributed by atoms with E-state index in [2.05, 4.69) is 37.2 Å². The van der Waals surface area contributed by atoms with E-state index in [4.69, 9.17) is 5.10 Å². The number of anilines is 1. The van der Waals surface area contributed by atoms with E-state index in [0.29, 0.717) is 12.0 Å². The standard InChI is InChI=1S/C17H23N9/c1-23(10-16-19-18-11-24(16)2)13-8-25(9-13)15-7-6-14-20-21-17(26(14)22-15)12-4-3-5-12/h6-7,11-13H,3-5,8-10H2,1-2H3. The average Bonchev–Trinajstić information content (AvgIpc) is 3.12. The molecule has 1 aliphatic heterocycles. The van der Waals surface area contributed by atoms with Crippen LogP contribution in [0.5, 0.6) is 0 Å². The minimum absolute atomic E-state index is 0.496. The van der Waals surface area contributed by atoms with Crippen LogP contribution < -0.4 is 4.90 Å². The maximum atomic E-state index is 4.82. The Kier molecular flexibility index (Phi) is 3.63. The van der Waals surface area contributed by atoms with Gasteiger partial charge in [-0.3, -0.25) is 4.90 Å². The minimum Gasteiger partial charge on any atom is -0.352 e. The van der Waals surface area contributed by atoms with E-state index in [-0.39, 0.29) is 0 Å². The van der Waals surface area contributed by atoms with Crippen LogP contribution in [-0.4, -0.2) is 65.7 Å². The summed E-state index contributed by atoms with van der Waals surface area (Å²) < 4.78 is 3.91. The molecule has 0 amide bonds. The number of nitrogens with zero attached hydrogens (tertiary/aromatic N) is 9. The summed E-state index contributed by atoms with van der Waals surface area (Å²) >= 11 is 0. The second-order valence-corrected chi connectivity index (χ2v) is 7.48. The molecule has 1 saturated heterocycles. The van der Waals surface area contributed by atoms with Crippen molar-refractivity contribution in [2.45, 2.75) is 37.8 Å². The van der Waals surface area contributed by atoms with Crippen LogP contribution in [0.4, 0.5) is 5.82 Å². The maximum Gasteiger partial charge on any atom is 0.178 e. The molecule has 9 nitrogen and oxygen atoms in total. The molecule has 0 N–H and O–H groups in total. The van der Waals surface area contributed by atoms with Gasteiger partial charge in [0.2, 0.25) is 0 Å². The van der Waals surface area contributed by atoms with Crippen molar-refractivity contribution in [2.75, 3.05) is 25.0 Å². The summed E-state index contributed by atoms with van der Waals surface area (Å²) in [4.78, 5) is 4.64. The third-order valence-electron chi connectivity index (χ3n) is 5.75. The van der Waals surface area contributed by atoms with E-state index in [1.165, 1.54) is 19.3 Å². The van der Waals surface area contributed by atoms with Gasteiger partial charge in [0.1, 0.15) is 18.0 Å². The fraction of sp³-hybridized carbons (Fsp3) is 0.588. The number of fused-ring (bicyclic) bond motifs is 1. The lowest BCUT2D eigenvalue weighted by Crippen LogP contribution is -2.58. The van der Waals surface area contributed by atoms with Gasteiger partial charge in [0.05, 0.1) is 6.54 Å². The van der Waals surface area contributed by atoms with Gasteiger partial charge in [-0.15, -0.1) is 25.5 Å². The van der Waals surface area contributed by atoms with Crippen molar-refractivity contribution in [3.63, 3.8) is 0 Å². The van der Waals surface area contributed by atoms with Crippen LogP contribution in [0.3, 0.4) is 0 Å². The summed E-state index contributed by atoms with van der Waals surface area (Å²) in [6.45, 7) is 2.74. The van der Waals surface area contributed by atoms with E-state index in [1.54, 1.807) is 6.33 Å². The van der Waals surface area contributed by atoms with Crippen LogP contribution in [0.25, 0.3) is 5.65 Å². The fourth-order valence-corrected chi connectivity index (χ4v) is 3.61. The van der Waals surface area contributed by atoms with Crippen molar-refractivity contribution in [3.8, 4) is 0 Å². The molecule has 3 aromatic rings. The molecule has 0 radical (unpaired) electrons. The van der Waals surface area contributed by atoms with Crippen molar-refractivity contribution in [1.29, 1.82) is 0 Å². The number of likely N-dealkylation sites (N-methyl/N-ethyl adjacent to an activating group) is 1. The monoisotopic (exact) mass is 353 g/mol. The Bertz CT molecular complexity index is 919. The Morgan fingerprint density at radius 3 is 2.69 bits per heavy atom. The molecule has 2 fully saturated rings. The van der Waals surface area contributed by atoms with Gasteiger partial charge in [0.15, 0.2) is 11.5 Å². The molecule has 0 atom stereocenters. The second kappa shape index (κ2) is 6.01. The van der Waals surface area contributed by atoms with Crippen molar-refractivity contribution in [1.82, 2.24) is 39.5 Å². The Morgan fingerprint density at radius 1 is 1.15 bits per heavy atom. The van der Waals surface area contributed by atoms with Crippen LogP contribution in [0.2, 0.25) is 0 Å². The summed E-state index contributed by atoms with van der Waals surface area (Å²) in [5.74, 6) is 3.53. The molecule has 3 aromatic heterocycles. The molecule has 26 heavy (non-hydrogen) atoms. The first-order chi connectivity index (χ1) is 12.7. The number of aromatic nitrogens is 7. The van der Waals surface area contributed by atoms with E-state index in [0.717, 1.165) is 42.7 Å². The summed E-state index contributed by atoms with van der Waals surface area (Å²) in [7, 11) is 4.12. The van der Waals surface area contributed by atoms with Crippen LogP contribution in [-0.2, 0) is 13.6 Å². The van der Waals surface area contributed by atoms with Gasteiger partial charge >= 0.3 is 0 Å². The topological polar surface area (TPSA) is 80.3 Å². The van der Waals surface area contributed by atoms with Gasteiger partial charge < -0.3 is 9.47 Å². The lowest BCUT2D eigenvalue weighted by molar-refractivity contribution is 0.190. The third-order valence-corrected chi connectivity index (χ3v) is 5.75. The number of rotatable bonds is 5. The third kappa shape index (κ3) is 2.54. The average molecular weight is 353 g/mol. The highest BCUT2D eigenvalue weighted by molar-refractivity contribution is 5.48. The SMILES string of the molecule is CN(Cc1nncn1C)C1CN(c2ccc3nnc(C4CCC4)n3n2)C1. The van der Waals surface area contributed by atoms with Crippen molar-refractivity contribution >= 4 is 11.5 Å². The van der Waals surface area contributed by atoms with Crippen LogP contribution in [0, 0.1) is 0 Å². The number of hydrogen-bond acceptors (Lipinski definition) is 7. The molecule has 1 saturated carbocycles. The zero-order valence-corrected chi connectivity index (χ0v) is 15.2. The smallest absolute Gasteiger partial charge is 0.178 e. The highest BCUT2D eigenvalue weighted by Gasteiger charge is 2.32. The molecule has 5 rings (SSSR count). The molecular weight excluding hydrogens is 330 g/mol. The zero-order valence-electron chi connectivity index (χ0n) is 15.2. The van der Waals surface area contributed by atoms with Gasteiger partial charge in [-0.05, 0) is 32.0 Å². The molecular formula is C17H23N9. The van der Waals surface area contributed by atoms with Crippen molar-refractivity contribution in [2.24, 2.45) is 7.05 Å².